The van der Waals surface area contributed by atoms with E-state index in [1.165, 1.54) is 5.56 Å². The number of amidine groups is 1. The summed E-state index contributed by atoms with van der Waals surface area (Å²) in [7, 11) is 0. The molecule has 1 N–H and O–H groups in total. The second-order valence-electron chi connectivity index (χ2n) is 4.99. The number of aliphatic imine (C=N–C) groups is 1. The molecule has 0 radical (unpaired) electrons. The lowest BCUT2D eigenvalue weighted by atomic mass is 9.87. The average molecular weight is 218 g/mol. The molecule has 0 unspecified atom stereocenters. The van der Waals surface area contributed by atoms with Gasteiger partial charge < -0.3 is 10.1 Å². The number of anilines is 1. The Labute approximate surface area is 96.5 Å². The number of nitrogens with one attached hydrogen (secondary N) is 1. The number of hydrogen-bond donors (Lipinski definition) is 1. The first-order chi connectivity index (χ1) is 7.55. The molecule has 3 nitrogen and oxygen atoms in total. The third-order valence-electron chi connectivity index (χ3n) is 2.59. The lowest BCUT2D eigenvalue weighted by molar-refractivity contribution is 0.346. The fourth-order valence-electron chi connectivity index (χ4n) is 1.59. The van der Waals surface area contributed by atoms with Crippen LogP contribution in [-0.4, -0.2) is 19.2 Å². The normalized spacial score (nSPS) is 15.6. The predicted molar refractivity (Wildman–Crippen MR) is 67.0 cm³/mol. The van der Waals surface area contributed by atoms with Gasteiger partial charge in [0.25, 0.3) is 6.02 Å². The Morgan fingerprint density at radius 3 is 2.38 bits per heavy atom. The summed E-state index contributed by atoms with van der Waals surface area (Å²) in [6.07, 6.45) is 0. The van der Waals surface area contributed by atoms with Crippen molar-refractivity contribution >= 4 is 11.7 Å². The molecule has 16 heavy (non-hydrogen) atoms. The number of benzene rings is 1. The summed E-state index contributed by atoms with van der Waals surface area (Å²) >= 11 is 0. The summed E-state index contributed by atoms with van der Waals surface area (Å²) in [5.41, 5.74) is 2.54. The fraction of sp³-hybridized carbons (Fsp3) is 0.462. The van der Waals surface area contributed by atoms with Crippen LogP contribution in [0.4, 0.5) is 5.69 Å². The van der Waals surface area contributed by atoms with E-state index in [2.05, 4.69) is 55.3 Å². The van der Waals surface area contributed by atoms with Crippen LogP contribution in [0.2, 0.25) is 0 Å². The maximum atomic E-state index is 5.29. The Balaban J connectivity index is 2.07. The van der Waals surface area contributed by atoms with Crippen LogP contribution < -0.4 is 5.32 Å². The van der Waals surface area contributed by atoms with Crippen molar-refractivity contribution in [3.05, 3.63) is 29.8 Å². The molecule has 86 valence electrons. The number of ether oxygens (including phenoxy) is 1. The van der Waals surface area contributed by atoms with Crippen molar-refractivity contribution in [3.8, 4) is 0 Å². The maximum Gasteiger partial charge on any atom is 0.289 e. The summed E-state index contributed by atoms with van der Waals surface area (Å²) in [5.74, 6) is 0. The lowest BCUT2D eigenvalue weighted by Crippen LogP contribution is -2.13. The van der Waals surface area contributed by atoms with E-state index in [4.69, 9.17) is 4.74 Å². The first-order valence-corrected chi connectivity index (χ1v) is 5.60. The molecule has 1 aromatic carbocycles. The molecule has 0 saturated heterocycles. The van der Waals surface area contributed by atoms with Crippen LogP contribution in [0.1, 0.15) is 26.3 Å². The van der Waals surface area contributed by atoms with Crippen molar-refractivity contribution in [2.24, 2.45) is 4.99 Å². The summed E-state index contributed by atoms with van der Waals surface area (Å²) in [4.78, 5) is 4.19. The van der Waals surface area contributed by atoms with Crippen molar-refractivity contribution in [1.82, 2.24) is 0 Å². The van der Waals surface area contributed by atoms with E-state index in [-0.39, 0.29) is 5.41 Å². The fourth-order valence-corrected chi connectivity index (χ4v) is 1.59. The van der Waals surface area contributed by atoms with E-state index < -0.39 is 0 Å². The Morgan fingerprint density at radius 2 is 1.88 bits per heavy atom. The largest absolute Gasteiger partial charge is 0.463 e. The molecule has 0 fully saturated rings. The Hall–Kier alpha value is -1.51. The van der Waals surface area contributed by atoms with E-state index in [1.54, 1.807) is 0 Å². The van der Waals surface area contributed by atoms with E-state index >= 15 is 0 Å². The van der Waals surface area contributed by atoms with Gasteiger partial charge in [0.15, 0.2) is 0 Å². The van der Waals surface area contributed by atoms with Gasteiger partial charge in [-0.1, -0.05) is 32.9 Å². The third-order valence-corrected chi connectivity index (χ3v) is 2.59. The quantitative estimate of drug-likeness (QED) is 0.786. The zero-order chi connectivity index (χ0) is 11.6. The number of hydrogen-bond acceptors (Lipinski definition) is 3. The molecule has 1 aliphatic rings. The molecule has 0 amide bonds. The third kappa shape index (κ3) is 2.54. The monoisotopic (exact) mass is 218 g/mol. The summed E-state index contributed by atoms with van der Waals surface area (Å²) in [6, 6.07) is 9.02. The van der Waals surface area contributed by atoms with Crippen LogP contribution in [0.3, 0.4) is 0 Å². The standard InChI is InChI=1S/C13H18N2O/c1-13(2,3)10-4-6-11(7-5-10)15-12-14-8-9-16-12/h4-7H,8-9H2,1-3H3,(H,14,15). The highest BCUT2D eigenvalue weighted by Gasteiger charge is 2.13. The van der Waals surface area contributed by atoms with Crippen molar-refractivity contribution in [1.29, 1.82) is 0 Å². The Bertz CT molecular complexity index is 387. The van der Waals surface area contributed by atoms with Crippen LogP contribution in [0.25, 0.3) is 0 Å². The minimum Gasteiger partial charge on any atom is -0.463 e. The molecule has 0 aliphatic carbocycles. The second kappa shape index (κ2) is 4.16. The molecule has 0 aromatic heterocycles. The van der Waals surface area contributed by atoms with Gasteiger partial charge in [-0.05, 0) is 23.1 Å². The van der Waals surface area contributed by atoms with E-state index in [0.717, 1.165) is 12.2 Å². The molecular weight excluding hydrogens is 200 g/mol. The van der Waals surface area contributed by atoms with Gasteiger partial charge in [-0.3, -0.25) is 0 Å². The van der Waals surface area contributed by atoms with Gasteiger partial charge in [0.2, 0.25) is 0 Å². The minimum absolute atomic E-state index is 0.194. The lowest BCUT2D eigenvalue weighted by Gasteiger charge is -2.19. The zero-order valence-corrected chi connectivity index (χ0v) is 10.1. The molecule has 0 saturated carbocycles. The second-order valence-corrected chi connectivity index (χ2v) is 4.99. The Morgan fingerprint density at radius 1 is 1.19 bits per heavy atom. The predicted octanol–water partition coefficient (Wildman–Crippen LogP) is 2.78. The molecule has 1 aromatic rings. The van der Waals surface area contributed by atoms with Crippen molar-refractivity contribution in [2.75, 3.05) is 18.5 Å². The summed E-state index contributed by atoms with van der Waals surface area (Å²) in [5, 5.41) is 3.15. The van der Waals surface area contributed by atoms with Gasteiger partial charge in [-0.15, -0.1) is 0 Å². The van der Waals surface area contributed by atoms with Gasteiger partial charge in [-0.25, -0.2) is 4.99 Å². The molecule has 0 atom stereocenters. The maximum absolute atomic E-state index is 5.29. The van der Waals surface area contributed by atoms with Crippen molar-refractivity contribution < 1.29 is 4.74 Å². The topological polar surface area (TPSA) is 33.6 Å². The summed E-state index contributed by atoms with van der Waals surface area (Å²) in [6.45, 7) is 8.06. The first kappa shape index (κ1) is 11.0. The molecule has 1 heterocycles. The smallest absolute Gasteiger partial charge is 0.289 e. The Kier molecular flexibility index (Phi) is 2.86. The van der Waals surface area contributed by atoms with Gasteiger partial charge in [0.1, 0.15) is 6.61 Å². The minimum atomic E-state index is 0.194. The van der Waals surface area contributed by atoms with E-state index in [1.807, 2.05) is 0 Å². The van der Waals surface area contributed by atoms with Crippen LogP contribution in [0.15, 0.2) is 29.3 Å². The number of rotatable bonds is 1. The molecule has 0 spiro atoms. The van der Waals surface area contributed by atoms with Crippen LogP contribution in [0, 0.1) is 0 Å². The number of nitrogens with zero attached hydrogens (tertiary/aromatic N) is 1. The van der Waals surface area contributed by atoms with Crippen LogP contribution in [-0.2, 0) is 10.2 Å². The summed E-state index contributed by atoms with van der Waals surface area (Å²) < 4.78 is 5.29. The van der Waals surface area contributed by atoms with Gasteiger partial charge in [0, 0.05) is 5.69 Å². The first-order valence-electron chi connectivity index (χ1n) is 5.60. The van der Waals surface area contributed by atoms with Crippen molar-refractivity contribution in [3.63, 3.8) is 0 Å². The molecular formula is C13H18N2O. The molecule has 0 bridgehead atoms. The zero-order valence-electron chi connectivity index (χ0n) is 10.1. The van der Waals surface area contributed by atoms with Crippen LogP contribution in [0.5, 0.6) is 0 Å². The van der Waals surface area contributed by atoms with Crippen LogP contribution >= 0.6 is 0 Å². The highest BCUT2D eigenvalue weighted by molar-refractivity contribution is 5.89. The highest BCUT2D eigenvalue weighted by atomic mass is 16.5. The van der Waals surface area contributed by atoms with Crippen molar-refractivity contribution in [2.45, 2.75) is 26.2 Å². The van der Waals surface area contributed by atoms with Gasteiger partial charge >= 0.3 is 0 Å². The highest BCUT2D eigenvalue weighted by Crippen LogP contribution is 2.23. The SMILES string of the molecule is CC(C)(C)c1ccc(NC2=NCCO2)cc1. The van der Waals surface area contributed by atoms with E-state index in [0.29, 0.717) is 12.6 Å². The van der Waals surface area contributed by atoms with E-state index in [9.17, 15) is 0 Å². The average Bonchev–Trinajstić information content (AvgIpc) is 2.70. The van der Waals surface area contributed by atoms with Gasteiger partial charge in [-0.2, -0.15) is 0 Å². The molecule has 2 rings (SSSR count). The van der Waals surface area contributed by atoms with Gasteiger partial charge in [0.05, 0.1) is 6.54 Å². The molecule has 1 aliphatic heterocycles. The molecule has 3 heteroatoms.